The van der Waals surface area contributed by atoms with Gasteiger partial charge in [0.15, 0.2) is 0 Å². The quantitative estimate of drug-likeness (QED) is 0.891. The van der Waals surface area contributed by atoms with E-state index in [9.17, 15) is 9.18 Å². The van der Waals surface area contributed by atoms with E-state index in [4.69, 9.17) is 4.74 Å². The number of aromatic nitrogens is 2. The molecule has 5 heteroatoms. The number of nitrogens with zero attached hydrogens (tertiary/aromatic N) is 1. The van der Waals surface area contributed by atoms with Crippen LogP contribution in [-0.2, 0) is 24.2 Å². The summed E-state index contributed by atoms with van der Waals surface area (Å²) in [5, 5.41) is 0. The summed E-state index contributed by atoms with van der Waals surface area (Å²) >= 11 is 0. The fourth-order valence-corrected chi connectivity index (χ4v) is 2.20. The molecule has 0 bridgehead atoms. The highest BCUT2D eigenvalue weighted by molar-refractivity contribution is 5.24. The molecule has 98 valence electrons. The maximum absolute atomic E-state index is 13.6. The summed E-state index contributed by atoms with van der Waals surface area (Å²) in [6.45, 7) is 0.875. The summed E-state index contributed by atoms with van der Waals surface area (Å²) in [5.74, 6) is 0.210. The zero-order chi connectivity index (χ0) is 13.2. The Balaban J connectivity index is 1.96. The molecule has 0 amide bonds. The van der Waals surface area contributed by atoms with Crippen LogP contribution in [0, 0.1) is 5.82 Å². The number of nitrogens with one attached hydrogen (secondary N) is 1. The molecule has 0 saturated carbocycles. The Labute approximate surface area is 109 Å². The summed E-state index contributed by atoms with van der Waals surface area (Å²) in [4.78, 5) is 19.0. The van der Waals surface area contributed by atoms with Gasteiger partial charge in [-0.05, 0) is 11.6 Å². The van der Waals surface area contributed by atoms with Gasteiger partial charge in [0.1, 0.15) is 11.6 Å². The highest BCUT2D eigenvalue weighted by Crippen LogP contribution is 2.13. The molecule has 0 saturated heterocycles. The van der Waals surface area contributed by atoms with E-state index in [0.29, 0.717) is 36.6 Å². The van der Waals surface area contributed by atoms with Crippen molar-refractivity contribution < 1.29 is 9.13 Å². The first-order valence-electron chi connectivity index (χ1n) is 6.16. The van der Waals surface area contributed by atoms with Crippen LogP contribution in [0.25, 0.3) is 0 Å². The molecule has 0 atom stereocenters. The molecule has 19 heavy (non-hydrogen) atoms. The fraction of sp³-hybridized carbons (Fsp3) is 0.286. The van der Waals surface area contributed by atoms with Crippen molar-refractivity contribution in [3.63, 3.8) is 0 Å². The van der Waals surface area contributed by atoms with Crippen molar-refractivity contribution in [2.45, 2.75) is 19.4 Å². The average molecular weight is 260 g/mol. The second-order valence-electron chi connectivity index (χ2n) is 4.51. The minimum Gasteiger partial charge on any atom is -0.376 e. The molecule has 1 aromatic carbocycles. The lowest BCUT2D eigenvalue weighted by Crippen LogP contribution is -2.25. The first-order chi connectivity index (χ1) is 9.24. The average Bonchev–Trinajstić information content (AvgIpc) is 2.42. The number of hydrogen-bond acceptors (Lipinski definition) is 3. The Kier molecular flexibility index (Phi) is 3.13. The van der Waals surface area contributed by atoms with Gasteiger partial charge in [-0.15, -0.1) is 0 Å². The van der Waals surface area contributed by atoms with Crippen molar-refractivity contribution >= 4 is 0 Å². The third-order valence-electron chi connectivity index (χ3n) is 3.20. The maximum atomic E-state index is 13.6. The molecule has 0 spiro atoms. The Hall–Kier alpha value is -2.01. The van der Waals surface area contributed by atoms with Gasteiger partial charge in [0.2, 0.25) is 0 Å². The predicted octanol–water partition coefficient (Wildman–Crippen LogP) is 1.57. The Morgan fingerprint density at radius 1 is 1.37 bits per heavy atom. The minimum absolute atomic E-state index is 0.184. The first kappa shape index (κ1) is 12.0. The molecule has 2 heterocycles. The fourth-order valence-electron chi connectivity index (χ4n) is 2.20. The van der Waals surface area contributed by atoms with Crippen LogP contribution in [0.4, 0.5) is 4.39 Å². The Morgan fingerprint density at radius 2 is 2.21 bits per heavy atom. The van der Waals surface area contributed by atoms with Gasteiger partial charge in [-0.3, -0.25) is 4.79 Å². The lowest BCUT2D eigenvalue weighted by atomic mass is 10.1. The molecule has 2 aromatic rings. The second kappa shape index (κ2) is 4.93. The number of ether oxygens (including phenoxy) is 1. The van der Waals surface area contributed by atoms with E-state index in [1.54, 1.807) is 18.2 Å². The van der Waals surface area contributed by atoms with Gasteiger partial charge in [0.25, 0.3) is 5.56 Å². The predicted molar refractivity (Wildman–Crippen MR) is 67.4 cm³/mol. The van der Waals surface area contributed by atoms with E-state index in [2.05, 4.69) is 9.97 Å². The van der Waals surface area contributed by atoms with E-state index >= 15 is 0 Å². The van der Waals surface area contributed by atoms with Gasteiger partial charge in [-0.2, -0.15) is 0 Å². The molecular formula is C14H13FN2O2. The number of benzene rings is 1. The van der Waals surface area contributed by atoms with Crippen molar-refractivity contribution in [2.24, 2.45) is 0 Å². The maximum Gasteiger partial charge on any atom is 0.256 e. The summed E-state index contributed by atoms with van der Waals surface area (Å²) in [6.07, 6.45) is 0.916. The molecular weight excluding hydrogens is 247 g/mol. The Morgan fingerprint density at radius 3 is 3.05 bits per heavy atom. The van der Waals surface area contributed by atoms with Crippen molar-refractivity contribution in [3.05, 3.63) is 63.1 Å². The minimum atomic E-state index is -0.286. The Bertz CT molecular complexity index is 667. The zero-order valence-electron chi connectivity index (χ0n) is 10.3. The third kappa shape index (κ3) is 2.42. The van der Waals surface area contributed by atoms with Crippen LogP contribution in [0.1, 0.15) is 22.6 Å². The number of H-pyrrole nitrogens is 1. The van der Waals surface area contributed by atoms with Crippen LogP contribution >= 0.6 is 0 Å². The van der Waals surface area contributed by atoms with Gasteiger partial charge in [-0.25, -0.2) is 9.37 Å². The molecule has 0 fully saturated rings. The van der Waals surface area contributed by atoms with Crippen molar-refractivity contribution in [1.82, 2.24) is 9.97 Å². The summed E-state index contributed by atoms with van der Waals surface area (Å²) in [7, 11) is 0. The van der Waals surface area contributed by atoms with Crippen LogP contribution in [0.5, 0.6) is 0 Å². The highest BCUT2D eigenvalue weighted by Gasteiger charge is 2.16. The van der Waals surface area contributed by atoms with Gasteiger partial charge < -0.3 is 9.72 Å². The summed E-state index contributed by atoms with van der Waals surface area (Å²) in [5.41, 5.74) is 1.69. The topological polar surface area (TPSA) is 55.0 Å². The highest BCUT2D eigenvalue weighted by atomic mass is 19.1. The standard InChI is InChI=1S/C14H13FN2O2/c15-11-4-2-1-3-9(11)7-13-16-12-5-6-19-8-10(12)14(18)17-13/h1-4H,5-8H2,(H,16,17,18). The van der Waals surface area contributed by atoms with Gasteiger partial charge >= 0.3 is 0 Å². The number of fused-ring (bicyclic) bond motifs is 1. The van der Waals surface area contributed by atoms with Crippen molar-refractivity contribution in [1.29, 1.82) is 0 Å². The normalized spacial score (nSPS) is 14.2. The monoisotopic (exact) mass is 260 g/mol. The van der Waals surface area contributed by atoms with Crippen LogP contribution < -0.4 is 5.56 Å². The van der Waals surface area contributed by atoms with Crippen molar-refractivity contribution in [2.75, 3.05) is 6.61 Å². The van der Waals surface area contributed by atoms with E-state index in [0.717, 1.165) is 5.69 Å². The van der Waals surface area contributed by atoms with Crippen LogP contribution in [-0.4, -0.2) is 16.6 Å². The number of aromatic amines is 1. The lowest BCUT2D eigenvalue weighted by Gasteiger charge is -2.15. The van der Waals surface area contributed by atoms with E-state index < -0.39 is 0 Å². The number of halogens is 1. The SMILES string of the molecule is O=c1[nH]c(Cc2ccccc2F)nc2c1COCC2. The molecule has 0 aliphatic carbocycles. The van der Waals surface area contributed by atoms with Gasteiger partial charge in [-0.1, -0.05) is 18.2 Å². The molecule has 1 aliphatic rings. The van der Waals surface area contributed by atoms with E-state index in [-0.39, 0.29) is 17.8 Å². The number of rotatable bonds is 2. The van der Waals surface area contributed by atoms with Crippen LogP contribution in [0.15, 0.2) is 29.1 Å². The third-order valence-corrected chi connectivity index (χ3v) is 3.20. The van der Waals surface area contributed by atoms with E-state index in [1.807, 2.05) is 0 Å². The molecule has 1 aromatic heterocycles. The molecule has 1 aliphatic heterocycles. The lowest BCUT2D eigenvalue weighted by molar-refractivity contribution is 0.108. The van der Waals surface area contributed by atoms with Crippen molar-refractivity contribution in [3.8, 4) is 0 Å². The molecule has 0 radical (unpaired) electrons. The molecule has 0 unspecified atom stereocenters. The molecule has 4 nitrogen and oxygen atoms in total. The summed E-state index contributed by atoms with van der Waals surface area (Å²) < 4.78 is 18.8. The van der Waals surface area contributed by atoms with Gasteiger partial charge in [0.05, 0.1) is 24.5 Å². The van der Waals surface area contributed by atoms with Crippen LogP contribution in [0.2, 0.25) is 0 Å². The smallest absolute Gasteiger partial charge is 0.256 e. The zero-order valence-corrected chi connectivity index (χ0v) is 10.3. The van der Waals surface area contributed by atoms with Gasteiger partial charge in [0, 0.05) is 12.8 Å². The number of hydrogen-bond donors (Lipinski definition) is 1. The molecule has 1 N–H and O–H groups in total. The van der Waals surface area contributed by atoms with Crippen LogP contribution in [0.3, 0.4) is 0 Å². The van der Waals surface area contributed by atoms with E-state index in [1.165, 1.54) is 6.07 Å². The first-order valence-corrected chi connectivity index (χ1v) is 6.16. The second-order valence-corrected chi connectivity index (χ2v) is 4.51. The molecule has 3 rings (SSSR count). The largest absolute Gasteiger partial charge is 0.376 e. The summed E-state index contributed by atoms with van der Waals surface area (Å²) in [6, 6.07) is 6.50.